The molecule has 1 atom stereocenters. The number of carbonyl (C=O) groups is 1. The predicted molar refractivity (Wildman–Crippen MR) is 104 cm³/mol. The van der Waals surface area contributed by atoms with Gasteiger partial charge in [-0.15, -0.1) is 0 Å². The molecule has 0 spiro atoms. The third-order valence-electron chi connectivity index (χ3n) is 4.83. The number of nitrogens with one attached hydrogen (secondary N) is 1. The van der Waals surface area contributed by atoms with E-state index in [2.05, 4.69) is 5.32 Å². The minimum Gasteiger partial charge on any atom is -0.348 e. The summed E-state index contributed by atoms with van der Waals surface area (Å²) in [7, 11) is -3.74. The number of amides is 1. The van der Waals surface area contributed by atoms with E-state index in [1.165, 1.54) is 18.2 Å². The molecule has 2 aromatic carbocycles. The molecular formula is C20H24FN3O3S. The highest BCUT2D eigenvalue weighted by molar-refractivity contribution is 7.89. The van der Waals surface area contributed by atoms with E-state index in [0.29, 0.717) is 18.2 Å². The maximum Gasteiger partial charge on any atom is 0.238 e. The summed E-state index contributed by atoms with van der Waals surface area (Å²) in [4.78, 5) is 14.5. The summed E-state index contributed by atoms with van der Waals surface area (Å²) in [5, 5.41) is 8.01. The summed E-state index contributed by atoms with van der Waals surface area (Å²) in [6, 6.07) is 12.7. The first-order valence-corrected chi connectivity index (χ1v) is 10.7. The van der Waals surface area contributed by atoms with Crippen LogP contribution in [-0.4, -0.2) is 31.8 Å². The van der Waals surface area contributed by atoms with E-state index in [9.17, 15) is 17.6 Å². The molecule has 6 nitrogen and oxygen atoms in total. The van der Waals surface area contributed by atoms with Gasteiger partial charge in [-0.25, -0.2) is 17.9 Å². The average molecular weight is 405 g/mol. The molecule has 0 heterocycles. The van der Waals surface area contributed by atoms with E-state index in [1.807, 2.05) is 11.8 Å². The molecule has 1 amide bonds. The lowest BCUT2D eigenvalue weighted by atomic mass is 10.1. The van der Waals surface area contributed by atoms with Gasteiger partial charge in [0.2, 0.25) is 15.9 Å². The first kappa shape index (κ1) is 20.4. The molecule has 3 N–H and O–H groups in total. The highest BCUT2D eigenvalue weighted by Gasteiger charge is 2.31. The van der Waals surface area contributed by atoms with Crippen molar-refractivity contribution in [1.82, 2.24) is 10.2 Å². The molecule has 1 fully saturated rings. The molecule has 0 saturated heterocycles. The summed E-state index contributed by atoms with van der Waals surface area (Å²) in [5.74, 6) is -0.428. The van der Waals surface area contributed by atoms with Crippen LogP contribution in [0.15, 0.2) is 53.4 Å². The van der Waals surface area contributed by atoms with Crippen LogP contribution in [0.5, 0.6) is 0 Å². The number of carbonyl (C=O) groups excluding carboxylic acids is 1. The minimum absolute atomic E-state index is 0.0274. The number of nitrogens with two attached hydrogens (primary N) is 1. The van der Waals surface area contributed by atoms with Gasteiger partial charge in [0, 0.05) is 18.2 Å². The second kappa shape index (κ2) is 8.38. The van der Waals surface area contributed by atoms with E-state index >= 15 is 0 Å². The van der Waals surface area contributed by atoms with Gasteiger partial charge in [0.25, 0.3) is 0 Å². The summed E-state index contributed by atoms with van der Waals surface area (Å²) in [5.41, 5.74) is 1.35. The Morgan fingerprint density at radius 3 is 2.43 bits per heavy atom. The summed E-state index contributed by atoms with van der Waals surface area (Å²) >= 11 is 0. The molecule has 1 aliphatic carbocycles. The van der Waals surface area contributed by atoms with Gasteiger partial charge in [-0.3, -0.25) is 9.69 Å². The Hall–Kier alpha value is -2.29. The summed E-state index contributed by atoms with van der Waals surface area (Å²) in [6.07, 6.45) is 2.01. The maximum absolute atomic E-state index is 13.9. The Morgan fingerprint density at radius 1 is 1.21 bits per heavy atom. The third-order valence-corrected chi connectivity index (χ3v) is 5.76. The van der Waals surface area contributed by atoms with Crippen molar-refractivity contribution in [3.05, 3.63) is 65.5 Å². The number of rotatable bonds is 8. The smallest absolute Gasteiger partial charge is 0.238 e. The van der Waals surface area contributed by atoms with Gasteiger partial charge in [0.05, 0.1) is 17.5 Å². The fourth-order valence-electron chi connectivity index (χ4n) is 3.10. The van der Waals surface area contributed by atoms with E-state index < -0.39 is 10.0 Å². The summed E-state index contributed by atoms with van der Waals surface area (Å²) < 4.78 is 36.6. The fourth-order valence-corrected chi connectivity index (χ4v) is 3.62. The van der Waals surface area contributed by atoms with E-state index in [4.69, 9.17) is 5.14 Å². The van der Waals surface area contributed by atoms with Crippen molar-refractivity contribution in [3.63, 3.8) is 0 Å². The molecule has 0 bridgehead atoms. The van der Waals surface area contributed by atoms with Crippen molar-refractivity contribution in [2.75, 3.05) is 6.54 Å². The molecule has 2 aromatic rings. The Kier molecular flexibility index (Phi) is 6.12. The molecule has 8 heteroatoms. The Labute approximate surface area is 164 Å². The van der Waals surface area contributed by atoms with Crippen LogP contribution in [0.25, 0.3) is 0 Å². The SMILES string of the molecule is C[C@H](NC(=O)CN(Cc1ccccc1F)C1CC1)c1ccc(S(N)(=O)=O)cc1. The largest absolute Gasteiger partial charge is 0.348 e. The van der Waals surface area contributed by atoms with Crippen LogP contribution in [0.3, 0.4) is 0 Å². The lowest BCUT2D eigenvalue weighted by Crippen LogP contribution is -2.39. The Bertz CT molecular complexity index is 943. The number of benzene rings is 2. The van der Waals surface area contributed by atoms with Gasteiger partial charge in [-0.05, 0) is 43.5 Å². The van der Waals surface area contributed by atoms with Gasteiger partial charge < -0.3 is 5.32 Å². The Morgan fingerprint density at radius 2 is 1.86 bits per heavy atom. The average Bonchev–Trinajstić information content (AvgIpc) is 3.47. The van der Waals surface area contributed by atoms with Crippen LogP contribution in [0.4, 0.5) is 4.39 Å². The van der Waals surface area contributed by atoms with E-state index in [-0.39, 0.29) is 29.2 Å². The third kappa shape index (κ3) is 5.37. The van der Waals surface area contributed by atoms with Gasteiger partial charge in [-0.1, -0.05) is 30.3 Å². The predicted octanol–water partition coefficient (Wildman–Crippen LogP) is 2.31. The van der Waals surface area contributed by atoms with Crippen molar-refractivity contribution < 1.29 is 17.6 Å². The lowest BCUT2D eigenvalue weighted by Gasteiger charge is -2.23. The number of sulfonamides is 1. The molecule has 0 unspecified atom stereocenters. The number of hydrogen-bond acceptors (Lipinski definition) is 4. The molecule has 0 aliphatic heterocycles. The number of hydrogen-bond donors (Lipinski definition) is 2. The number of primary sulfonamides is 1. The van der Waals surface area contributed by atoms with Crippen LogP contribution in [0.1, 0.15) is 36.9 Å². The lowest BCUT2D eigenvalue weighted by molar-refractivity contribution is -0.123. The van der Waals surface area contributed by atoms with Crippen LogP contribution in [0, 0.1) is 5.82 Å². The number of nitrogens with zero attached hydrogens (tertiary/aromatic N) is 1. The van der Waals surface area contributed by atoms with Crippen LogP contribution in [-0.2, 0) is 21.4 Å². The van der Waals surface area contributed by atoms with Crippen molar-refractivity contribution >= 4 is 15.9 Å². The van der Waals surface area contributed by atoms with Crippen LogP contribution in [0.2, 0.25) is 0 Å². The fraction of sp³-hybridized carbons (Fsp3) is 0.350. The molecule has 0 radical (unpaired) electrons. The van der Waals surface area contributed by atoms with Crippen LogP contribution < -0.4 is 10.5 Å². The quantitative estimate of drug-likeness (QED) is 0.705. The molecule has 3 rings (SSSR count). The topological polar surface area (TPSA) is 92.5 Å². The first-order valence-electron chi connectivity index (χ1n) is 9.13. The zero-order valence-corrected chi connectivity index (χ0v) is 16.5. The van der Waals surface area contributed by atoms with Gasteiger partial charge in [0.1, 0.15) is 5.82 Å². The second-order valence-electron chi connectivity index (χ2n) is 7.13. The van der Waals surface area contributed by atoms with Crippen LogP contribution >= 0.6 is 0 Å². The van der Waals surface area contributed by atoms with Crippen molar-refractivity contribution in [2.45, 2.75) is 43.3 Å². The van der Waals surface area contributed by atoms with E-state index in [1.54, 1.807) is 30.3 Å². The molecule has 28 heavy (non-hydrogen) atoms. The standard InChI is InChI=1S/C20H24FN3O3S/c1-14(15-6-10-18(11-7-15)28(22,26)27)23-20(25)13-24(17-8-9-17)12-16-4-2-3-5-19(16)21/h2-7,10-11,14,17H,8-9,12-13H2,1H3,(H,23,25)(H2,22,26,27)/t14-/m0/s1. The molecule has 1 aliphatic rings. The Balaban J connectivity index is 1.60. The summed E-state index contributed by atoms with van der Waals surface area (Å²) in [6.45, 7) is 2.39. The highest BCUT2D eigenvalue weighted by atomic mass is 32.2. The maximum atomic E-state index is 13.9. The zero-order chi connectivity index (χ0) is 20.3. The second-order valence-corrected chi connectivity index (χ2v) is 8.69. The molecule has 1 saturated carbocycles. The van der Waals surface area contributed by atoms with Crippen molar-refractivity contribution in [3.8, 4) is 0 Å². The van der Waals surface area contributed by atoms with Crippen molar-refractivity contribution in [1.29, 1.82) is 0 Å². The molecule has 0 aromatic heterocycles. The molecular weight excluding hydrogens is 381 g/mol. The minimum atomic E-state index is -3.74. The van der Waals surface area contributed by atoms with Gasteiger partial charge in [0.15, 0.2) is 0 Å². The monoisotopic (exact) mass is 405 g/mol. The highest BCUT2D eigenvalue weighted by Crippen LogP contribution is 2.28. The number of halogens is 1. The zero-order valence-electron chi connectivity index (χ0n) is 15.6. The molecule has 150 valence electrons. The van der Waals surface area contributed by atoms with Crippen molar-refractivity contribution in [2.24, 2.45) is 5.14 Å². The van der Waals surface area contributed by atoms with Gasteiger partial charge >= 0.3 is 0 Å². The van der Waals surface area contributed by atoms with E-state index in [0.717, 1.165) is 18.4 Å². The van der Waals surface area contributed by atoms with Gasteiger partial charge in [-0.2, -0.15) is 0 Å². The first-order chi connectivity index (χ1) is 13.2. The normalized spacial score (nSPS) is 15.4.